The lowest BCUT2D eigenvalue weighted by molar-refractivity contribution is -0.148. The van der Waals surface area contributed by atoms with Crippen molar-refractivity contribution in [2.75, 3.05) is 6.61 Å². The molecular formula is C8H11F3O2. The summed E-state index contributed by atoms with van der Waals surface area (Å²) in [6.07, 6.45) is -4.71. The number of carbonyl (C=O) groups is 1. The van der Waals surface area contributed by atoms with Gasteiger partial charge in [-0.25, -0.2) is 0 Å². The van der Waals surface area contributed by atoms with Crippen molar-refractivity contribution in [1.82, 2.24) is 0 Å². The molecule has 0 spiro atoms. The van der Waals surface area contributed by atoms with Crippen LogP contribution in [0.1, 0.15) is 19.8 Å². The largest absolute Gasteiger partial charge is 0.466 e. The molecule has 1 rings (SSSR count). The summed E-state index contributed by atoms with van der Waals surface area (Å²) in [5, 5.41) is 0. The number of hydrogen-bond donors (Lipinski definition) is 0. The van der Waals surface area contributed by atoms with Crippen molar-refractivity contribution in [2.45, 2.75) is 25.9 Å². The van der Waals surface area contributed by atoms with Crippen molar-refractivity contribution >= 4 is 5.97 Å². The van der Waals surface area contributed by atoms with Crippen molar-refractivity contribution in [3.05, 3.63) is 0 Å². The van der Waals surface area contributed by atoms with Gasteiger partial charge in [-0.2, -0.15) is 13.2 Å². The van der Waals surface area contributed by atoms with Gasteiger partial charge < -0.3 is 4.74 Å². The highest BCUT2D eigenvalue weighted by molar-refractivity contribution is 5.75. The summed E-state index contributed by atoms with van der Waals surface area (Å²) in [6.45, 7) is 1.87. The van der Waals surface area contributed by atoms with Gasteiger partial charge in [-0.1, -0.05) is 0 Å². The topological polar surface area (TPSA) is 26.3 Å². The smallest absolute Gasteiger partial charge is 0.389 e. The summed E-state index contributed by atoms with van der Waals surface area (Å²) in [7, 11) is 0. The molecule has 1 aliphatic rings. The van der Waals surface area contributed by atoms with Crippen molar-refractivity contribution < 1.29 is 22.7 Å². The number of alkyl halides is 3. The first-order valence-electron chi connectivity index (χ1n) is 4.17. The second-order valence-corrected chi connectivity index (χ2v) is 3.17. The van der Waals surface area contributed by atoms with Gasteiger partial charge in [0.25, 0.3) is 0 Å². The van der Waals surface area contributed by atoms with Crippen LogP contribution in [-0.4, -0.2) is 18.8 Å². The zero-order valence-corrected chi connectivity index (χ0v) is 7.23. The third-order valence-corrected chi connectivity index (χ3v) is 2.01. The van der Waals surface area contributed by atoms with E-state index in [1.54, 1.807) is 6.92 Å². The normalized spacial score (nSPS) is 27.1. The van der Waals surface area contributed by atoms with Crippen LogP contribution < -0.4 is 0 Å². The monoisotopic (exact) mass is 196 g/mol. The van der Waals surface area contributed by atoms with E-state index in [1.165, 1.54) is 0 Å². The molecule has 13 heavy (non-hydrogen) atoms. The molecule has 0 amide bonds. The van der Waals surface area contributed by atoms with Gasteiger partial charge in [0.05, 0.1) is 12.5 Å². The van der Waals surface area contributed by atoms with Crippen LogP contribution in [0.3, 0.4) is 0 Å². The maximum Gasteiger partial charge on any atom is 0.389 e. The van der Waals surface area contributed by atoms with E-state index in [-0.39, 0.29) is 6.61 Å². The highest BCUT2D eigenvalue weighted by atomic mass is 19.4. The minimum absolute atomic E-state index is 0.230. The van der Waals surface area contributed by atoms with Crippen LogP contribution in [0.2, 0.25) is 0 Å². The average molecular weight is 196 g/mol. The number of carbonyl (C=O) groups excluding carboxylic acids is 1. The molecule has 2 atom stereocenters. The zero-order valence-electron chi connectivity index (χ0n) is 7.23. The predicted molar refractivity (Wildman–Crippen MR) is 38.9 cm³/mol. The van der Waals surface area contributed by atoms with E-state index in [1.807, 2.05) is 0 Å². The van der Waals surface area contributed by atoms with Crippen LogP contribution >= 0.6 is 0 Å². The predicted octanol–water partition coefficient (Wildman–Crippen LogP) is 2.14. The van der Waals surface area contributed by atoms with Gasteiger partial charge in [0.2, 0.25) is 0 Å². The van der Waals surface area contributed by atoms with Crippen LogP contribution in [0.4, 0.5) is 13.2 Å². The molecule has 5 heteroatoms. The molecule has 0 aromatic heterocycles. The molecule has 0 saturated heterocycles. The van der Waals surface area contributed by atoms with Crippen LogP contribution in [-0.2, 0) is 9.53 Å². The molecule has 76 valence electrons. The van der Waals surface area contributed by atoms with Gasteiger partial charge in [-0.15, -0.1) is 0 Å². The zero-order chi connectivity index (χ0) is 10.1. The number of halogens is 3. The molecule has 0 aromatic rings. The minimum Gasteiger partial charge on any atom is -0.466 e. The maximum absolute atomic E-state index is 11.8. The van der Waals surface area contributed by atoms with E-state index in [9.17, 15) is 18.0 Å². The Bertz CT molecular complexity index is 200. The fourth-order valence-corrected chi connectivity index (χ4v) is 1.31. The van der Waals surface area contributed by atoms with Crippen molar-refractivity contribution in [2.24, 2.45) is 11.8 Å². The Morgan fingerprint density at radius 1 is 1.54 bits per heavy atom. The van der Waals surface area contributed by atoms with Gasteiger partial charge in [0.15, 0.2) is 0 Å². The Kier molecular flexibility index (Phi) is 2.83. The third kappa shape index (κ3) is 3.24. The Hall–Kier alpha value is -0.740. The Labute approximate surface area is 74.1 Å². The highest BCUT2D eigenvalue weighted by Crippen LogP contribution is 2.46. The van der Waals surface area contributed by atoms with Gasteiger partial charge in [0, 0.05) is 6.42 Å². The second kappa shape index (κ2) is 3.55. The Morgan fingerprint density at radius 2 is 2.15 bits per heavy atom. The van der Waals surface area contributed by atoms with E-state index >= 15 is 0 Å². The average Bonchev–Trinajstić information content (AvgIpc) is 2.64. The lowest BCUT2D eigenvalue weighted by Crippen LogP contribution is -2.12. The van der Waals surface area contributed by atoms with E-state index in [4.69, 9.17) is 0 Å². The lowest BCUT2D eigenvalue weighted by Gasteiger charge is -2.04. The van der Waals surface area contributed by atoms with Gasteiger partial charge >= 0.3 is 12.1 Å². The highest BCUT2D eigenvalue weighted by Gasteiger charge is 2.49. The second-order valence-electron chi connectivity index (χ2n) is 3.17. The summed E-state index contributed by atoms with van der Waals surface area (Å²) in [5.74, 6) is -1.54. The first kappa shape index (κ1) is 10.3. The van der Waals surface area contributed by atoms with Crippen molar-refractivity contribution in [3.63, 3.8) is 0 Å². The minimum atomic E-state index is -4.16. The molecule has 1 fully saturated rings. The molecule has 0 N–H and O–H groups in total. The summed E-state index contributed by atoms with van der Waals surface area (Å²) >= 11 is 0. The van der Waals surface area contributed by atoms with Gasteiger partial charge in [-0.3, -0.25) is 4.79 Å². The standard InChI is InChI=1S/C8H11F3O2/c1-2-13-7(12)6-3-5(6)4-8(9,10)11/h5-6H,2-4H2,1H3/t5-,6+/m0/s1. The number of hydrogen-bond acceptors (Lipinski definition) is 2. The molecule has 0 radical (unpaired) electrons. The molecule has 0 unspecified atom stereocenters. The molecule has 0 heterocycles. The number of esters is 1. The van der Waals surface area contributed by atoms with Crippen molar-refractivity contribution in [1.29, 1.82) is 0 Å². The van der Waals surface area contributed by atoms with E-state index in [0.717, 1.165) is 0 Å². The molecular weight excluding hydrogens is 185 g/mol. The summed E-state index contributed by atoms with van der Waals surface area (Å²) in [5.41, 5.74) is 0. The summed E-state index contributed by atoms with van der Waals surface area (Å²) in [4.78, 5) is 10.9. The number of ether oxygens (including phenoxy) is 1. The summed E-state index contributed by atoms with van der Waals surface area (Å²) in [6, 6.07) is 0. The fourth-order valence-electron chi connectivity index (χ4n) is 1.31. The van der Waals surface area contributed by atoms with Gasteiger partial charge in [-0.05, 0) is 19.3 Å². The van der Waals surface area contributed by atoms with E-state index < -0.39 is 30.4 Å². The van der Waals surface area contributed by atoms with Crippen LogP contribution in [0.15, 0.2) is 0 Å². The molecule has 0 bridgehead atoms. The van der Waals surface area contributed by atoms with Gasteiger partial charge in [0.1, 0.15) is 0 Å². The maximum atomic E-state index is 11.8. The Balaban J connectivity index is 2.26. The summed E-state index contributed by atoms with van der Waals surface area (Å²) < 4.78 is 40.1. The first-order chi connectivity index (χ1) is 5.94. The van der Waals surface area contributed by atoms with Crippen molar-refractivity contribution in [3.8, 4) is 0 Å². The Morgan fingerprint density at radius 3 is 2.62 bits per heavy atom. The molecule has 1 saturated carbocycles. The fraction of sp³-hybridized carbons (Fsp3) is 0.875. The first-order valence-corrected chi connectivity index (χ1v) is 4.17. The molecule has 0 aliphatic heterocycles. The SMILES string of the molecule is CCOC(=O)[C@@H]1C[C@H]1CC(F)(F)F. The van der Waals surface area contributed by atoms with Crippen LogP contribution in [0.25, 0.3) is 0 Å². The van der Waals surface area contributed by atoms with Crippen LogP contribution in [0, 0.1) is 11.8 Å². The quantitative estimate of drug-likeness (QED) is 0.646. The van der Waals surface area contributed by atoms with Crippen LogP contribution in [0.5, 0.6) is 0 Å². The third-order valence-electron chi connectivity index (χ3n) is 2.01. The molecule has 0 aromatic carbocycles. The van der Waals surface area contributed by atoms with E-state index in [2.05, 4.69) is 4.74 Å². The molecule has 1 aliphatic carbocycles. The molecule has 2 nitrogen and oxygen atoms in total. The number of rotatable bonds is 3. The van der Waals surface area contributed by atoms with E-state index in [0.29, 0.717) is 6.42 Å². The lowest BCUT2D eigenvalue weighted by atomic mass is 10.2.